The Hall–Kier alpha value is -2.37. The number of H-pyrrole nitrogens is 1. The second kappa shape index (κ2) is 5.09. The van der Waals surface area contributed by atoms with E-state index in [1.807, 2.05) is 0 Å². The Morgan fingerprint density at radius 2 is 2.21 bits per heavy atom. The summed E-state index contributed by atoms with van der Waals surface area (Å²) in [5.74, 6) is -0.934. The van der Waals surface area contributed by atoms with Crippen LogP contribution in [0.15, 0.2) is 29.1 Å². The molecule has 0 spiro atoms. The lowest BCUT2D eigenvalue weighted by atomic mass is 10.2. The van der Waals surface area contributed by atoms with Gasteiger partial charge in [-0.05, 0) is 25.1 Å². The van der Waals surface area contributed by atoms with Crippen LogP contribution in [0.1, 0.15) is 11.3 Å². The summed E-state index contributed by atoms with van der Waals surface area (Å²) < 4.78 is 18.9. The number of halogens is 1. The number of rotatable bonds is 3. The molecule has 100 valence electrons. The molecule has 0 saturated carbocycles. The highest BCUT2D eigenvalue weighted by Crippen LogP contribution is 2.09. The van der Waals surface area contributed by atoms with Crippen LogP contribution in [0.3, 0.4) is 0 Å². The fourth-order valence-electron chi connectivity index (χ4n) is 1.80. The first-order chi connectivity index (χ1) is 9.02. The van der Waals surface area contributed by atoms with E-state index < -0.39 is 11.8 Å². The number of aryl methyl sites for hydroxylation is 1. The third-order valence-corrected chi connectivity index (χ3v) is 2.81. The van der Waals surface area contributed by atoms with Crippen molar-refractivity contribution in [1.82, 2.24) is 9.78 Å². The topological polar surface area (TPSA) is 64.1 Å². The first-order valence-electron chi connectivity index (χ1n) is 5.66. The van der Waals surface area contributed by atoms with Gasteiger partial charge in [-0.1, -0.05) is 6.07 Å². The fourth-order valence-corrected chi connectivity index (χ4v) is 1.80. The maximum atomic E-state index is 13.2. The van der Waals surface area contributed by atoms with Crippen molar-refractivity contribution in [2.75, 3.05) is 7.11 Å². The number of aromatic amines is 1. The largest absolute Gasteiger partial charge is 0.469 e. The van der Waals surface area contributed by atoms with Gasteiger partial charge in [0.25, 0.3) is 5.56 Å². The van der Waals surface area contributed by atoms with Gasteiger partial charge in [-0.2, -0.15) is 0 Å². The molecule has 0 unspecified atom stereocenters. The number of ether oxygens (including phenoxy) is 1. The molecular formula is C13H13FN2O3. The van der Waals surface area contributed by atoms with E-state index in [9.17, 15) is 14.0 Å². The molecule has 0 fully saturated rings. The first kappa shape index (κ1) is 13.1. The highest BCUT2D eigenvalue weighted by Gasteiger charge is 2.16. The van der Waals surface area contributed by atoms with Crippen LogP contribution in [0.5, 0.6) is 0 Å². The molecule has 2 rings (SSSR count). The third-order valence-electron chi connectivity index (χ3n) is 2.81. The molecule has 1 N–H and O–H groups in total. The van der Waals surface area contributed by atoms with Gasteiger partial charge in [0.15, 0.2) is 0 Å². The standard InChI is InChI=1S/C13H13FN2O3/c1-8-11(7-12(17)19-2)13(18)16(15-8)10-5-3-4-9(14)6-10/h3-6,15H,7H2,1-2H3. The van der Waals surface area contributed by atoms with Crippen molar-refractivity contribution in [3.05, 3.63) is 51.7 Å². The minimum Gasteiger partial charge on any atom is -0.469 e. The Balaban J connectivity index is 2.47. The molecule has 0 aliphatic rings. The van der Waals surface area contributed by atoms with Gasteiger partial charge < -0.3 is 4.74 Å². The predicted molar refractivity (Wildman–Crippen MR) is 66.8 cm³/mol. The Kier molecular flexibility index (Phi) is 3.50. The number of aromatic nitrogens is 2. The average Bonchev–Trinajstić information content (AvgIpc) is 2.66. The molecule has 1 aromatic carbocycles. The molecule has 0 bridgehead atoms. The monoisotopic (exact) mass is 264 g/mol. The van der Waals surface area contributed by atoms with Gasteiger partial charge in [0.2, 0.25) is 0 Å². The summed E-state index contributed by atoms with van der Waals surface area (Å²) in [7, 11) is 1.26. The van der Waals surface area contributed by atoms with Crippen LogP contribution in [0.2, 0.25) is 0 Å². The zero-order valence-corrected chi connectivity index (χ0v) is 10.6. The number of benzene rings is 1. The maximum Gasteiger partial charge on any atom is 0.310 e. The molecule has 0 aliphatic heterocycles. The highest BCUT2D eigenvalue weighted by atomic mass is 19.1. The number of nitrogens with one attached hydrogen (secondary N) is 1. The van der Waals surface area contributed by atoms with E-state index in [2.05, 4.69) is 9.84 Å². The van der Waals surface area contributed by atoms with Gasteiger partial charge in [0.05, 0.1) is 24.8 Å². The molecular weight excluding hydrogens is 251 g/mol. The van der Waals surface area contributed by atoms with E-state index in [1.54, 1.807) is 13.0 Å². The van der Waals surface area contributed by atoms with E-state index in [1.165, 1.54) is 30.0 Å². The lowest BCUT2D eigenvalue weighted by molar-refractivity contribution is -0.139. The summed E-state index contributed by atoms with van der Waals surface area (Å²) in [6, 6.07) is 5.63. The summed E-state index contributed by atoms with van der Waals surface area (Å²) in [5.41, 5.74) is 0.869. The van der Waals surface area contributed by atoms with Crippen molar-refractivity contribution in [3.8, 4) is 5.69 Å². The van der Waals surface area contributed by atoms with Crippen LogP contribution in [0.4, 0.5) is 4.39 Å². The summed E-state index contributed by atoms with van der Waals surface area (Å²) in [6.07, 6.45) is -0.111. The van der Waals surface area contributed by atoms with E-state index in [0.29, 0.717) is 16.9 Å². The summed E-state index contributed by atoms with van der Waals surface area (Å²) in [6.45, 7) is 1.68. The molecule has 0 aliphatic carbocycles. The molecule has 0 amide bonds. The Labute approximate surface area is 108 Å². The van der Waals surface area contributed by atoms with E-state index >= 15 is 0 Å². The maximum absolute atomic E-state index is 13.2. The molecule has 19 heavy (non-hydrogen) atoms. The SMILES string of the molecule is COC(=O)Cc1c(C)[nH]n(-c2cccc(F)c2)c1=O. The average molecular weight is 264 g/mol. The number of carbonyl (C=O) groups is 1. The van der Waals surface area contributed by atoms with Gasteiger partial charge >= 0.3 is 5.97 Å². The molecule has 2 aromatic rings. The minimum absolute atomic E-state index is 0.111. The van der Waals surface area contributed by atoms with Crippen LogP contribution in [0.25, 0.3) is 5.69 Å². The number of hydrogen-bond donors (Lipinski definition) is 1. The molecule has 0 saturated heterocycles. The van der Waals surface area contributed by atoms with Crippen LogP contribution in [-0.4, -0.2) is 22.9 Å². The molecule has 0 radical (unpaired) electrons. The van der Waals surface area contributed by atoms with E-state index in [4.69, 9.17) is 0 Å². The lowest BCUT2D eigenvalue weighted by Crippen LogP contribution is -2.19. The van der Waals surface area contributed by atoms with Gasteiger partial charge in [-0.15, -0.1) is 0 Å². The second-order valence-corrected chi connectivity index (χ2v) is 4.09. The Bertz CT molecular complexity index is 673. The molecule has 1 heterocycles. The number of hydrogen-bond acceptors (Lipinski definition) is 3. The lowest BCUT2D eigenvalue weighted by Gasteiger charge is -2.00. The number of esters is 1. The molecule has 0 atom stereocenters. The third kappa shape index (κ3) is 2.57. The summed E-state index contributed by atoms with van der Waals surface area (Å²) in [4.78, 5) is 23.4. The fraction of sp³-hybridized carbons (Fsp3) is 0.231. The summed E-state index contributed by atoms with van der Waals surface area (Å²) in [5, 5.41) is 2.82. The van der Waals surface area contributed by atoms with Crippen molar-refractivity contribution >= 4 is 5.97 Å². The smallest absolute Gasteiger partial charge is 0.310 e. The van der Waals surface area contributed by atoms with Crippen molar-refractivity contribution in [2.24, 2.45) is 0 Å². The van der Waals surface area contributed by atoms with Crippen molar-refractivity contribution < 1.29 is 13.9 Å². The number of carbonyl (C=O) groups excluding carboxylic acids is 1. The van der Waals surface area contributed by atoms with Crippen molar-refractivity contribution in [1.29, 1.82) is 0 Å². The number of methoxy groups -OCH3 is 1. The zero-order valence-electron chi connectivity index (χ0n) is 10.6. The molecule has 5 nitrogen and oxygen atoms in total. The Morgan fingerprint density at radius 3 is 2.84 bits per heavy atom. The van der Waals surface area contributed by atoms with Crippen LogP contribution < -0.4 is 5.56 Å². The van der Waals surface area contributed by atoms with Gasteiger partial charge in [-0.3, -0.25) is 14.7 Å². The first-order valence-corrected chi connectivity index (χ1v) is 5.66. The van der Waals surface area contributed by atoms with Crippen LogP contribution >= 0.6 is 0 Å². The molecule has 1 aromatic heterocycles. The van der Waals surface area contributed by atoms with E-state index in [0.717, 1.165) is 0 Å². The van der Waals surface area contributed by atoms with Crippen LogP contribution in [0, 0.1) is 12.7 Å². The Morgan fingerprint density at radius 1 is 1.47 bits per heavy atom. The van der Waals surface area contributed by atoms with Crippen molar-refractivity contribution in [2.45, 2.75) is 13.3 Å². The van der Waals surface area contributed by atoms with Gasteiger partial charge in [0.1, 0.15) is 5.82 Å². The predicted octanol–water partition coefficient (Wildman–Crippen LogP) is 1.33. The zero-order chi connectivity index (χ0) is 14.0. The van der Waals surface area contributed by atoms with Crippen LogP contribution in [-0.2, 0) is 16.0 Å². The molecule has 6 heteroatoms. The highest BCUT2D eigenvalue weighted by molar-refractivity contribution is 5.72. The normalized spacial score (nSPS) is 10.5. The van der Waals surface area contributed by atoms with Crippen molar-refractivity contribution in [3.63, 3.8) is 0 Å². The number of nitrogens with zero attached hydrogens (tertiary/aromatic N) is 1. The summed E-state index contributed by atoms with van der Waals surface area (Å²) >= 11 is 0. The van der Waals surface area contributed by atoms with Gasteiger partial charge in [-0.25, -0.2) is 9.07 Å². The van der Waals surface area contributed by atoms with E-state index in [-0.39, 0.29) is 12.0 Å². The minimum atomic E-state index is -0.495. The quantitative estimate of drug-likeness (QED) is 0.850. The van der Waals surface area contributed by atoms with Gasteiger partial charge in [0, 0.05) is 5.69 Å². The second-order valence-electron chi connectivity index (χ2n) is 4.09.